The molecule has 1 saturated carbocycles. The Kier molecular flexibility index (Phi) is 12.4. The SMILES string of the molecule is CC(C)(C)OC(=O)N1CCSC1CN[C@@H](CSCC1CCCCC1)C(=O)NC1CCN(Cc2ccccc2)CC1. The van der Waals surface area contributed by atoms with Crippen LogP contribution >= 0.6 is 23.5 Å². The van der Waals surface area contributed by atoms with Crippen molar-refractivity contribution in [2.24, 2.45) is 5.92 Å². The lowest BCUT2D eigenvalue weighted by molar-refractivity contribution is -0.123. The topological polar surface area (TPSA) is 73.9 Å². The molecule has 0 aromatic heterocycles. The molecule has 2 heterocycles. The van der Waals surface area contributed by atoms with Gasteiger partial charge in [-0.3, -0.25) is 14.6 Å². The highest BCUT2D eigenvalue weighted by Crippen LogP contribution is 2.28. The number of thioether (sulfide) groups is 2. The molecule has 0 radical (unpaired) electrons. The fourth-order valence-electron chi connectivity index (χ4n) is 5.78. The lowest BCUT2D eigenvalue weighted by Crippen LogP contribution is -2.54. The molecule has 1 aromatic rings. The largest absolute Gasteiger partial charge is 0.444 e. The van der Waals surface area contributed by atoms with E-state index in [0.29, 0.717) is 13.1 Å². The lowest BCUT2D eigenvalue weighted by atomic mass is 9.91. The van der Waals surface area contributed by atoms with E-state index in [1.165, 1.54) is 37.7 Å². The summed E-state index contributed by atoms with van der Waals surface area (Å²) in [5.74, 6) is 3.67. The Balaban J connectivity index is 1.28. The summed E-state index contributed by atoms with van der Waals surface area (Å²) in [6.45, 7) is 9.93. The molecule has 3 fully saturated rings. The summed E-state index contributed by atoms with van der Waals surface area (Å²) < 4.78 is 5.64. The minimum absolute atomic E-state index is 0.0188. The van der Waals surface area contributed by atoms with E-state index in [1.54, 1.807) is 11.8 Å². The number of benzene rings is 1. The first kappa shape index (κ1) is 31.5. The second-order valence-corrected chi connectivity index (χ2v) is 14.9. The molecule has 2 atom stereocenters. The second kappa shape index (κ2) is 15.7. The molecule has 0 spiro atoms. The van der Waals surface area contributed by atoms with Gasteiger partial charge in [0.1, 0.15) is 5.60 Å². The Hall–Kier alpha value is -1.42. The van der Waals surface area contributed by atoms with Crippen LogP contribution in [0, 0.1) is 5.92 Å². The van der Waals surface area contributed by atoms with Gasteiger partial charge in [-0.1, -0.05) is 49.6 Å². The van der Waals surface area contributed by atoms with Crippen molar-refractivity contribution in [3.63, 3.8) is 0 Å². The number of nitrogens with one attached hydrogen (secondary N) is 2. The van der Waals surface area contributed by atoms with Gasteiger partial charge in [-0.15, -0.1) is 11.8 Å². The summed E-state index contributed by atoms with van der Waals surface area (Å²) in [4.78, 5) is 30.6. The van der Waals surface area contributed by atoms with Crippen molar-refractivity contribution in [3.05, 3.63) is 35.9 Å². The third kappa shape index (κ3) is 10.4. The maximum Gasteiger partial charge on any atom is 0.411 e. The number of piperidine rings is 1. The van der Waals surface area contributed by atoms with Crippen LogP contribution in [0.2, 0.25) is 0 Å². The van der Waals surface area contributed by atoms with Gasteiger partial charge in [-0.25, -0.2) is 4.79 Å². The fraction of sp³-hybridized carbons (Fsp3) is 0.742. The van der Waals surface area contributed by atoms with Crippen molar-refractivity contribution < 1.29 is 14.3 Å². The van der Waals surface area contributed by atoms with E-state index in [-0.39, 0.29) is 29.5 Å². The van der Waals surface area contributed by atoms with E-state index in [9.17, 15) is 9.59 Å². The lowest BCUT2D eigenvalue weighted by Gasteiger charge is -2.33. The molecule has 3 aliphatic rings. The normalized spacial score (nSPS) is 22.3. The van der Waals surface area contributed by atoms with Gasteiger partial charge in [-0.05, 0) is 63.7 Å². The predicted octanol–water partition coefficient (Wildman–Crippen LogP) is 5.35. The summed E-state index contributed by atoms with van der Waals surface area (Å²) in [7, 11) is 0. The minimum atomic E-state index is -0.517. The number of amides is 2. The van der Waals surface area contributed by atoms with Crippen molar-refractivity contribution in [1.29, 1.82) is 0 Å². The third-order valence-corrected chi connectivity index (χ3v) is 10.5. The van der Waals surface area contributed by atoms with Crippen molar-refractivity contribution in [2.75, 3.05) is 43.4 Å². The third-order valence-electron chi connectivity index (χ3n) is 8.02. The molecule has 1 aromatic carbocycles. The van der Waals surface area contributed by atoms with Crippen LogP contribution in [0.15, 0.2) is 30.3 Å². The zero-order valence-electron chi connectivity index (χ0n) is 24.7. The van der Waals surface area contributed by atoms with Crippen LogP contribution in [0.3, 0.4) is 0 Å². The molecule has 2 amide bonds. The van der Waals surface area contributed by atoms with Crippen LogP contribution < -0.4 is 10.6 Å². The molecule has 1 aliphatic carbocycles. The van der Waals surface area contributed by atoms with Crippen LogP contribution in [-0.2, 0) is 16.1 Å². The first-order valence-electron chi connectivity index (χ1n) is 15.3. The van der Waals surface area contributed by atoms with Gasteiger partial charge < -0.3 is 15.4 Å². The van der Waals surface area contributed by atoms with Gasteiger partial charge in [0.2, 0.25) is 5.91 Å². The molecule has 2 N–H and O–H groups in total. The second-order valence-electron chi connectivity index (χ2n) is 12.5. The van der Waals surface area contributed by atoms with Crippen LogP contribution in [0.25, 0.3) is 0 Å². The molecule has 4 rings (SSSR count). The van der Waals surface area contributed by atoms with E-state index < -0.39 is 5.60 Å². The molecule has 9 heteroatoms. The molecule has 0 bridgehead atoms. The van der Waals surface area contributed by atoms with Gasteiger partial charge in [0, 0.05) is 50.3 Å². The van der Waals surface area contributed by atoms with E-state index in [1.807, 2.05) is 37.4 Å². The molecule has 1 unspecified atom stereocenters. The fourth-order valence-corrected chi connectivity index (χ4v) is 8.24. The van der Waals surface area contributed by atoms with Gasteiger partial charge in [-0.2, -0.15) is 11.8 Å². The Morgan fingerprint density at radius 2 is 1.77 bits per heavy atom. The maximum absolute atomic E-state index is 13.6. The number of carbonyl (C=O) groups excluding carboxylic acids is 2. The quantitative estimate of drug-likeness (QED) is 0.360. The Bertz CT molecular complexity index is 915. The van der Waals surface area contributed by atoms with Crippen LogP contribution in [0.5, 0.6) is 0 Å². The number of carbonyl (C=O) groups is 2. The summed E-state index contributed by atoms with van der Waals surface area (Å²) >= 11 is 3.67. The van der Waals surface area contributed by atoms with Crippen LogP contribution in [-0.4, -0.2) is 88.3 Å². The van der Waals surface area contributed by atoms with Crippen molar-refractivity contribution in [3.8, 4) is 0 Å². The van der Waals surface area contributed by atoms with Crippen LogP contribution in [0.4, 0.5) is 4.79 Å². The summed E-state index contributed by atoms with van der Waals surface area (Å²) in [6, 6.07) is 10.6. The minimum Gasteiger partial charge on any atom is -0.444 e. The summed E-state index contributed by atoms with van der Waals surface area (Å²) in [6.07, 6.45) is 8.39. The highest BCUT2D eigenvalue weighted by atomic mass is 32.2. The summed E-state index contributed by atoms with van der Waals surface area (Å²) in [5.41, 5.74) is 0.825. The van der Waals surface area contributed by atoms with E-state index in [2.05, 4.69) is 45.9 Å². The Morgan fingerprint density at radius 1 is 1.05 bits per heavy atom. The molecule has 7 nitrogen and oxygen atoms in total. The van der Waals surface area contributed by atoms with E-state index in [0.717, 1.165) is 55.7 Å². The Morgan fingerprint density at radius 3 is 2.48 bits per heavy atom. The number of rotatable bonds is 11. The molecule has 224 valence electrons. The maximum atomic E-state index is 13.6. The van der Waals surface area contributed by atoms with Gasteiger partial charge >= 0.3 is 6.09 Å². The zero-order chi connectivity index (χ0) is 28.4. The average Bonchev–Trinajstić information content (AvgIpc) is 3.41. The van der Waals surface area contributed by atoms with Gasteiger partial charge in [0.25, 0.3) is 0 Å². The zero-order valence-corrected chi connectivity index (χ0v) is 26.4. The summed E-state index contributed by atoms with van der Waals surface area (Å²) in [5, 5.41) is 6.92. The van der Waals surface area contributed by atoms with Crippen molar-refractivity contribution in [2.45, 2.75) is 95.3 Å². The molecule has 2 aliphatic heterocycles. The molecule has 40 heavy (non-hydrogen) atoms. The van der Waals surface area contributed by atoms with E-state index >= 15 is 0 Å². The highest BCUT2D eigenvalue weighted by molar-refractivity contribution is 8.00. The highest BCUT2D eigenvalue weighted by Gasteiger charge is 2.34. The first-order chi connectivity index (χ1) is 19.3. The standard InChI is InChI=1S/C31H50N4O3S2/c1-31(2,3)38-30(37)35-18-19-40-28(35)20-32-27(23-39-22-25-12-8-5-9-13-25)29(36)33-26-14-16-34(17-15-26)21-24-10-6-4-7-11-24/h4,6-7,10-11,25-28,32H,5,8-9,12-23H2,1-3H3,(H,33,36)/t27-,28?/m0/s1. The van der Waals surface area contributed by atoms with Crippen molar-refractivity contribution in [1.82, 2.24) is 20.4 Å². The number of hydrogen-bond acceptors (Lipinski definition) is 7. The molecular formula is C31H50N4O3S2. The number of likely N-dealkylation sites (tertiary alicyclic amines) is 1. The number of ether oxygens (including phenoxy) is 1. The van der Waals surface area contributed by atoms with E-state index in [4.69, 9.17) is 4.74 Å². The van der Waals surface area contributed by atoms with Crippen LogP contribution in [0.1, 0.15) is 71.3 Å². The Labute approximate surface area is 250 Å². The van der Waals surface area contributed by atoms with Crippen molar-refractivity contribution >= 4 is 35.5 Å². The molecular weight excluding hydrogens is 541 g/mol. The van der Waals surface area contributed by atoms with Gasteiger partial charge in [0.15, 0.2) is 0 Å². The average molecular weight is 591 g/mol. The number of nitrogens with zero attached hydrogens (tertiary/aromatic N) is 2. The number of hydrogen-bond donors (Lipinski definition) is 2. The predicted molar refractivity (Wildman–Crippen MR) is 168 cm³/mol. The monoisotopic (exact) mass is 590 g/mol. The van der Waals surface area contributed by atoms with Gasteiger partial charge in [0.05, 0.1) is 11.4 Å². The first-order valence-corrected chi connectivity index (χ1v) is 17.5. The smallest absolute Gasteiger partial charge is 0.411 e. The molecule has 2 saturated heterocycles.